The summed E-state index contributed by atoms with van der Waals surface area (Å²) in [6, 6.07) is 25.9. The lowest BCUT2D eigenvalue weighted by Crippen LogP contribution is -2.35. The minimum absolute atomic E-state index is 0.294. The van der Waals surface area contributed by atoms with E-state index in [0.29, 0.717) is 19.0 Å². The highest BCUT2D eigenvalue weighted by molar-refractivity contribution is 9.10. The van der Waals surface area contributed by atoms with Crippen LogP contribution in [-0.2, 0) is 19.2 Å². The number of hydrogen-bond donors (Lipinski definition) is 0. The van der Waals surface area contributed by atoms with Crippen molar-refractivity contribution in [3.8, 4) is 5.75 Å². The van der Waals surface area contributed by atoms with E-state index in [1.807, 2.05) is 98.8 Å². The van der Waals surface area contributed by atoms with Gasteiger partial charge in [-0.2, -0.15) is 0 Å². The molecule has 4 nitrogen and oxygen atoms in total. The molecule has 4 rings (SSSR count). The predicted molar refractivity (Wildman–Crippen MR) is 135 cm³/mol. The summed E-state index contributed by atoms with van der Waals surface area (Å²) in [5, 5.41) is 0. The zero-order valence-corrected chi connectivity index (χ0v) is 21.2. The van der Waals surface area contributed by atoms with Gasteiger partial charge in [0.05, 0.1) is 13.2 Å². The number of benzene rings is 3. The van der Waals surface area contributed by atoms with Crippen LogP contribution in [0, 0.1) is 0 Å². The fourth-order valence-electron chi connectivity index (χ4n) is 3.67. The van der Waals surface area contributed by atoms with Gasteiger partial charge in [-0.3, -0.25) is 0 Å². The van der Waals surface area contributed by atoms with E-state index >= 15 is 0 Å². The molecular formula is C25H24BrO4PS. The van der Waals surface area contributed by atoms with E-state index in [-0.39, 0.29) is 0 Å². The summed E-state index contributed by atoms with van der Waals surface area (Å²) < 4.78 is 32.3. The first kappa shape index (κ1) is 23.3. The second-order valence-electron chi connectivity index (χ2n) is 7.09. The second kappa shape index (κ2) is 9.98. The fourth-order valence-corrected chi connectivity index (χ4v) is 7.69. The molecule has 166 valence electrons. The average molecular weight is 531 g/mol. The van der Waals surface area contributed by atoms with Crippen LogP contribution in [0.3, 0.4) is 0 Å². The third kappa shape index (κ3) is 4.75. The van der Waals surface area contributed by atoms with Crippen molar-refractivity contribution < 1.29 is 18.3 Å². The van der Waals surface area contributed by atoms with E-state index in [4.69, 9.17) is 13.8 Å². The van der Waals surface area contributed by atoms with Gasteiger partial charge in [0.25, 0.3) is 0 Å². The smallest absolute Gasteiger partial charge is 0.393 e. The van der Waals surface area contributed by atoms with Crippen LogP contribution >= 0.6 is 34.1 Å². The van der Waals surface area contributed by atoms with Crippen LogP contribution in [0.2, 0.25) is 0 Å². The molecule has 0 aliphatic carbocycles. The lowest BCUT2D eigenvalue weighted by Gasteiger charge is -2.38. The van der Waals surface area contributed by atoms with Gasteiger partial charge in [0.2, 0.25) is 0 Å². The molecular weight excluding hydrogens is 507 g/mol. The van der Waals surface area contributed by atoms with Crippen LogP contribution in [0.15, 0.2) is 89.4 Å². The Bertz CT molecular complexity index is 1100. The number of fused-ring (bicyclic) bond motifs is 1. The summed E-state index contributed by atoms with van der Waals surface area (Å²) in [5.74, 6) is 0.699. The minimum atomic E-state index is -3.42. The Morgan fingerprint density at radius 2 is 1.47 bits per heavy atom. The predicted octanol–water partition coefficient (Wildman–Crippen LogP) is 8.04. The summed E-state index contributed by atoms with van der Waals surface area (Å²) in [6.45, 7) is 0.792. The molecule has 1 heterocycles. The fraction of sp³-hybridized carbons (Fsp3) is 0.200. The van der Waals surface area contributed by atoms with Crippen LogP contribution in [0.1, 0.15) is 30.5 Å². The Hall–Kier alpha value is -1.82. The molecule has 3 aromatic carbocycles. The summed E-state index contributed by atoms with van der Waals surface area (Å²) in [4.78, 5) is 0.783. The summed E-state index contributed by atoms with van der Waals surface area (Å²) in [5.41, 5.74) is 1.89. The van der Waals surface area contributed by atoms with Crippen molar-refractivity contribution >= 4 is 39.0 Å². The highest BCUT2D eigenvalue weighted by Crippen LogP contribution is 2.67. The van der Waals surface area contributed by atoms with Crippen molar-refractivity contribution in [2.75, 3.05) is 13.2 Å². The van der Waals surface area contributed by atoms with Crippen molar-refractivity contribution in [3.05, 3.63) is 106 Å². The Balaban J connectivity index is 1.95. The van der Waals surface area contributed by atoms with Gasteiger partial charge in [-0.15, -0.1) is 0 Å². The Labute approximate surface area is 201 Å². The van der Waals surface area contributed by atoms with E-state index in [2.05, 4.69) is 15.9 Å². The summed E-state index contributed by atoms with van der Waals surface area (Å²) >= 11 is 4.69. The maximum absolute atomic E-state index is 13.5. The molecule has 0 fully saturated rings. The molecule has 7 heteroatoms. The topological polar surface area (TPSA) is 44.8 Å². The maximum atomic E-state index is 13.5. The third-order valence-corrected chi connectivity index (χ3v) is 9.30. The van der Waals surface area contributed by atoms with Gasteiger partial charge in [0.1, 0.15) is 5.75 Å². The molecule has 32 heavy (non-hydrogen) atoms. The van der Waals surface area contributed by atoms with Crippen LogP contribution < -0.4 is 4.74 Å². The second-order valence-corrected chi connectivity index (χ2v) is 11.9. The lowest BCUT2D eigenvalue weighted by atomic mass is 9.83. The van der Waals surface area contributed by atoms with Crippen LogP contribution in [0.5, 0.6) is 5.75 Å². The van der Waals surface area contributed by atoms with Gasteiger partial charge in [-0.1, -0.05) is 76.6 Å². The normalized spacial score (nSPS) is 14.9. The highest BCUT2D eigenvalue weighted by Gasteiger charge is 2.41. The van der Waals surface area contributed by atoms with Gasteiger partial charge >= 0.3 is 6.80 Å². The van der Waals surface area contributed by atoms with E-state index in [9.17, 15) is 4.57 Å². The van der Waals surface area contributed by atoms with Crippen molar-refractivity contribution in [2.24, 2.45) is 0 Å². The molecule has 3 aromatic rings. The van der Waals surface area contributed by atoms with Gasteiger partial charge < -0.3 is 13.8 Å². The minimum Gasteiger partial charge on any atom is -0.473 e. The Kier molecular flexibility index (Phi) is 7.28. The third-order valence-electron chi connectivity index (χ3n) is 5.00. The molecule has 0 saturated carbocycles. The SMILES string of the molecule is CCOP(=O)(OCC)SC1=CC(c2ccccc2)(c2ccccc2)Oc2ccc(Br)cc21. The standard InChI is InChI=1S/C25H24BrO4PS/c1-3-28-31(27,29-4-2)32-24-18-25(19-11-7-5-8-12-19,20-13-9-6-10-14-20)30-23-16-15-21(26)17-22(23)24/h5-18H,3-4H2,1-2H3. The number of ether oxygens (including phenoxy) is 1. The first-order valence-corrected chi connectivity index (χ1v) is 14.2. The van der Waals surface area contributed by atoms with Gasteiger partial charge in [0.15, 0.2) is 5.60 Å². The molecule has 0 aromatic heterocycles. The first-order valence-electron chi connectivity index (χ1n) is 10.4. The van der Waals surface area contributed by atoms with Crippen LogP contribution in [0.25, 0.3) is 4.91 Å². The van der Waals surface area contributed by atoms with E-state index in [1.54, 1.807) is 0 Å². The molecule has 0 amide bonds. The largest absolute Gasteiger partial charge is 0.473 e. The molecule has 0 radical (unpaired) electrons. The molecule has 0 unspecified atom stereocenters. The first-order chi connectivity index (χ1) is 15.5. The lowest BCUT2D eigenvalue weighted by molar-refractivity contribution is 0.160. The Morgan fingerprint density at radius 3 is 2.00 bits per heavy atom. The number of rotatable bonds is 8. The van der Waals surface area contributed by atoms with Gasteiger partial charge in [-0.05, 0) is 49.5 Å². The molecule has 0 bridgehead atoms. The molecule has 1 aliphatic rings. The van der Waals surface area contributed by atoms with Crippen LogP contribution in [0.4, 0.5) is 0 Å². The van der Waals surface area contributed by atoms with Gasteiger partial charge in [-0.25, -0.2) is 4.57 Å². The maximum Gasteiger partial charge on any atom is 0.393 e. The zero-order valence-electron chi connectivity index (χ0n) is 17.9. The number of hydrogen-bond acceptors (Lipinski definition) is 5. The van der Waals surface area contributed by atoms with Crippen LogP contribution in [-0.4, -0.2) is 13.2 Å². The summed E-state index contributed by atoms with van der Waals surface area (Å²) in [7, 11) is 0. The molecule has 0 saturated heterocycles. The highest BCUT2D eigenvalue weighted by atomic mass is 79.9. The van der Waals surface area contributed by atoms with Crippen molar-refractivity contribution in [2.45, 2.75) is 19.4 Å². The van der Waals surface area contributed by atoms with Crippen molar-refractivity contribution in [1.82, 2.24) is 0 Å². The van der Waals surface area contributed by atoms with E-state index < -0.39 is 12.4 Å². The number of halogens is 1. The van der Waals surface area contributed by atoms with Crippen molar-refractivity contribution in [1.29, 1.82) is 0 Å². The van der Waals surface area contributed by atoms with E-state index in [0.717, 1.165) is 37.4 Å². The molecule has 0 atom stereocenters. The Morgan fingerprint density at radius 1 is 0.906 bits per heavy atom. The molecule has 1 aliphatic heterocycles. The van der Waals surface area contributed by atoms with Gasteiger partial charge in [0, 0.05) is 26.1 Å². The zero-order chi connectivity index (χ0) is 22.6. The average Bonchev–Trinajstić information content (AvgIpc) is 2.80. The molecule has 0 spiro atoms. The monoisotopic (exact) mass is 530 g/mol. The van der Waals surface area contributed by atoms with Crippen molar-refractivity contribution in [3.63, 3.8) is 0 Å². The summed E-state index contributed by atoms with van der Waals surface area (Å²) in [6.07, 6.45) is 2.03. The van der Waals surface area contributed by atoms with E-state index in [1.165, 1.54) is 0 Å². The molecule has 0 N–H and O–H groups in total. The quantitative estimate of drug-likeness (QED) is 0.275.